The number of carbonyl (C=O) groups is 1. The summed E-state index contributed by atoms with van der Waals surface area (Å²) in [6.07, 6.45) is 3.13. The van der Waals surface area contributed by atoms with Gasteiger partial charge < -0.3 is 14.6 Å². The monoisotopic (exact) mass is 318 g/mol. The van der Waals surface area contributed by atoms with Gasteiger partial charge in [-0.05, 0) is 19.1 Å². The Bertz CT molecular complexity index is 514. The van der Waals surface area contributed by atoms with E-state index in [1.165, 1.54) is 18.9 Å². The summed E-state index contributed by atoms with van der Waals surface area (Å²) in [7, 11) is 1.25. The van der Waals surface area contributed by atoms with Crippen molar-refractivity contribution >= 4 is 29.3 Å². The van der Waals surface area contributed by atoms with Crippen molar-refractivity contribution in [2.24, 2.45) is 0 Å². The summed E-state index contributed by atoms with van der Waals surface area (Å²) in [5.74, 6) is -0.531. The Morgan fingerprint density at radius 1 is 1.45 bits per heavy atom. The molecule has 0 amide bonds. The smallest absolute Gasteiger partial charge is 0.346 e. The van der Waals surface area contributed by atoms with Gasteiger partial charge in [-0.2, -0.15) is 4.98 Å². The maximum absolute atomic E-state index is 11.8. The highest BCUT2D eigenvalue weighted by atomic mass is 35.5. The molecule has 0 spiro atoms. The van der Waals surface area contributed by atoms with Crippen LogP contribution in [0.3, 0.4) is 0 Å². The summed E-state index contributed by atoms with van der Waals surface area (Å²) in [4.78, 5) is 19.9. The predicted octanol–water partition coefficient (Wildman–Crippen LogP) is 1.93. The lowest BCUT2D eigenvalue weighted by molar-refractivity contribution is 0.0590. The molecular weight excluding hydrogens is 304 g/mol. The first-order valence-corrected chi connectivity index (χ1v) is 7.70. The van der Waals surface area contributed by atoms with E-state index in [4.69, 9.17) is 16.3 Å². The van der Waals surface area contributed by atoms with Crippen LogP contribution in [0.2, 0.25) is 5.15 Å². The zero-order chi connectivity index (χ0) is 14.7. The van der Waals surface area contributed by atoms with E-state index in [0.29, 0.717) is 24.4 Å². The second-order valence-corrected chi connectivity index (χ2v) is 5.51. The molecule has 0 aromatic carbocycles. The second-order valence-electron chi connectivity index (χ2n) is 4.38. The van der Waals surface area contributed by atoms with Crippen molar-refractivity contribution in [2.45, 2.75) is 36.6 Å². The molecule has 1 aliphatic carbocycles. The molecule has 1 saturated carbocycles. The topological polar surface area (TPSA) is 81.5 Å². The van der Waals surface area contributed by atoms with E-state index in [1.807, 2.05) is 0 Å². The van der Waals surface area contributed by atoms with Gasteiger partial charge in [-0.1, -0.05) is 23.4 Å². The lowest BCUT2D eigenvalue weighted by atomic mass is 10.3. The standard InChI is InChI=1S/C12H15ClN2O4S/c1-18-11(17)8-9(13)14-12(20-2)15-10(8)19-7-4-3-6(16)5-7/h6-7,16H,3-5H2,1-2H3. The Balaban J connectivity index is 2.32. The molecule has 1 heterocycles. The average Bonchev–Trinajstić information content (AvgIpc) is 2.82. The summed E-state index contributed by atoms with van der Waals surface area (Å²) >= 11 is 7.30. The number of hydrogen-bond donors (Lipinski definition) is 1. The lowest BCUT2D eigenvalue weighted by Gasteiger charge is -2.15. The van der Waals surface area contributed by atoms with Crippen molar-refractivity contribution in [1.82, 2.24) is 9.97 Å². The zero-order valence-electron chi connectivity index (χ0n) is 11.1. The molecule has 1 aliphatic rings. The number of methoxy groups -OCH3 is 1. The lowest BCUT2D eigenvalue weighted by Crippen LogP contribution is -2.18. The third-order valence-corrected chi connectivity index (χ3v) is 3.84. The SMILES string of the molecule is COC(=O)c1c(Cl)nc(SC)nc1OC1CCC(O)C1. The van der Waals surface area contributed by atoms with Crippen molar-refractivity contribution in [3.63, 3.8) is 0 Å². The van der Waals surface area contributed by atoms with Crippen LogP contribution in [0.5, 0.6) is 5.88 Å². The van der Waals surface area contributed by atoms with Gasteiger partial charge in [0, 0.05) is 6.42 Å². The highest BCUT2D eigenvalue weighted by Crippen LogP contribution is 2.30. The number of nitrogens with zero attached hydrogens (tertiary/aromatic N) is 2. The summed E-state index contributed by atoms with van der Waals surface area (Å²) < 4.78 is 10.4. The number of aromatic nitrogens is 2. The van der Waals surface area contributed by atoms with Gasteiger partial charge in [-0.3, -0.25) is 0 Å². The number of esters is 1. The van der Waals surface area contributed by atoms with Gasteiger partial charge in [-0.15, -0.1) is 0 Å². The number of ether oxygens (including phenoxy) is 2. The van der Waals surface area contributed by atoms with Gasteiger partial charge in [0.25, 0.3) is 0 Å². The van der Waals surface area contributed by atoms with Crippen LogP contribution >= 0.6 is 23.4 Å². The Labute approximate surface area is 125 Å². The molecule has 6 nitrogen and oxygen atoms in total. The molecule has 0 saturated heterocycles. The van der Waals surface area contributed by atoms with Crippen LogP contribution in [0.15, 0.2) is 5.16 Å². The van der Waals surface area contributed by atoms with Crippen molar-refractivity contribution in [3.8, 4) is 5.88 Å². The molecule has 0 aliphatic heterocycles. The van der Waals surface area contributed by atoms with Gasteiger partial charge in [0.1, 0.15) is 6.10 Å². The normalized spacial score (nSPS) is 21.8. The Hall–Kier alpha value is -1.05. The van der Waals surface area contributed by atoms with E-state index >= 15 is 0 Å². The number of aliphatic hydroxyl groups is 1. The van der Waals surface area contributed by atoms with Crippen LogP contribution in [-0.4, -0.2) is 46.6 Å². The maximum atomic E-state index is 11.8. The summed E-state index contributed by atoms with van der Waals surface area (Å²) in [6.45, 7) is 0. The fourth-order valence-corrected chi connectivity index (χ4v) is 2.67. The van der Waals surface area contributed by atoms with Gasteiger partial charge >= 0.3 is 5.97 Å². The number of aliphatic hydroxyl groups excluding tert-OH is 1. The molecule has 0 radical (unpaired) electrons. The zero-order valence-corrected chi connectivity index (χ0v) is 12.7. The highest BCUT2D eigenvalue weighted by Gasteiger charge is 2.29. The number of hydrogen-bond acceptors (Lipinski definition) is 7. The van der Waals surface area contributed by atoms with Gasteiger partial charge in [0.15, 0.2) is 15.9 Å². The largest absolute Gasteiger partial charge is 0.473 e. The van der Waals surface area contributed by atoms with Gasteiger partial charge in [-0.25, -0.2) is 9.78 Å². The minimum absolute atomic E-state index is 0.00439. The predicted molar refractivity (Wildman–Crippen MR) is 74.4 cm³/mol. The van der Waals surface area contributed by atoms with Crippen LogP contribution in [0, 0.1) is 0 Å². The Morgan fingerprint density at radius 2 is 2.20 bits per heavy atom. The maximum Gasteiger partial charge on any atom is 0.346 e. The highest BCUT2D eigenvalue weighted by molar-refractivity contribution is 7.98. The third kappa shape index (κ3) is 3.34. The fraction of sp³-hybridized carbons (Fsp3) is 0.583. The van der Waals surface area contributed by atoms with Crippen LogP contribution < -0.4 is 4.74 Å². The van der Waals surface area contributed by atoms with E-state index in [2.05, 4.69) is 14.7 Å². The van der Waals surface area contributed by atoms with Crippen LogP contribution in [0.4, 0.5) is 0 Å². The van der Waals surface area contributed by atoms with E-state index in [1.54, 1.807) is 6.26 Å². The molecule has 20 heavy (non-hydrogen) atoms. The summed E-state index contributed by atoms with van der Waals surface area (Å²) in [6, 6.07) is 0. The van der Waals surface area contributed by atoms with E-state index < -0.39 is 5.97 Å². The molecule has 1 aromatic heterocycles. The molecule has 1 N–H and O–H groups in total. The molecule has 2 atom stereocenters. The molecule has 8 heteroatoms. The van der Waals surface area contributed by atoms with Crippen molar-refractivity contribution in [1.29, 1.82) is 0 Å². The first-order chi connectivity index (χ1) is 9.55. The van der Waals surface area contributed by atoms with Crippen molar-refractivity contribution in [3.05, 3.63) is 10.7 Å². The third-order valence-electron chi connectivity index (χ3n) is 3.02. The van der Waals surface area contributed by atoms with Crippen molar-refractivity contribution in [2.75, 3.05) is 13.4 Å². The molecule has 0 bridgehead atoms. The summed E-state index contributed by atoms with van der Waals surface area (Å²) in [5, 5.41) is 9.94. The Morgan fingerprint density at radius 3 is 2.75 bits per heavy atom. The van der Waals surface area contributed by atoms with E-state index in [9.17, 15) is 9.90 Å². The minimum Gasteiger partial charge on any atom is -0.473 e. The van der Waals surface area contributed by atoms with Crippen LogP contribution in [0.25, 0.3) is 0 Å². The van der Waals surface area contributed by atoms with Gasteiger partial charge in [0.2, 0.25) is 5.88 Å². The molecular formula is C12H15ClN2O4S. The second kappa shape index (κ2) is 6.60. The quantitative estimate of drug-likeness (QED) is 0.393. The van der Waals surface area contributed by atoms with E-state index in [-0.39, 0.29) is 28.8 Å². The molecule has 1 fully saturated rings. The van der Waals surface area contributed by atoms with Crippen LogP contribution in [-0.2, 0) is 4.74 Å². The number of halogens is 1. The van der Waals surface area contributed by atoms with Gasteiger partial charge in [0.05, 0.1) is 13.2 Å². The molecule has 2 rings (SSSR count). The Kier molecular flexibility index (Phi) is 5.06. The van der Waals surface area contributed by atoms with Crippen molar-refractivity contribution < 1.29 is 19.4 Å². The molecule has 110 valence electrons. The number of thioether (sulfide) groups is 1. The molecule has 2 unspecified atom stereocenters. The first-order valence-electron chi connectivity index (χ1n) is 6.09. The number of carbonyl (C=O) groups excluding carboxylic acids is 1. The molecule has 1 aromatic rings. The van der Waals surface area contributed by atoms with E-state index in [0.717, 1.165) is 0 Å². The summed E-state index contributed by atoms with van der Waals surface area (Å²) in [5.41, 5.74) is 0.0216. The minimum atomic E-state index is -0.642. The fourth-order valence-electron chi connectivity index (χ4n) is 2.03. The number of rotatable bonds is 4. The first kappa shape index (κ1) is 15.3. The van der Waals surface area contributed by atoms with Crippen LogP contribution in [0.1, 0.15) is 29.6 Å². The average molecular weight is 319 g/mol.